The first-order chi connectivity index (χ1) is 12.1. The SMILES string of the molecule is CNC(=O)CCOc1ccc(NC(=O)[C@@]23CCCC[C@H]2CNC3)cc1.Cl. The largest absolute Gasteiger partial charge is 0.493 e. The van der Waals surface area contributed by atoms with Gasteiger partial charge in [-0.2, -0.15) is 0 Å². The van der Waals surface area contributed by atoms with Crippen LogP contribution in [-0.4, -0.2) is 38.6 Å². The first kappa shape index (κ1) is 20.5. The number of fused-ring (bicyclic) bond motifs is 1. The summed E-state index contributed by atoms with van der Waals surface area (Å²) < 4.78 is 5.54. The van der Waals surface area contributed by atoms with Crippen molar-refractivity contribution in [2.75, 3.05) is 32.1 Å². The van der Waals surface area contributed by atoms with E-state index in [1.807, 2.05) is 24.3 Å². The summed E-state index contributed by atoms with van der Waals surface area (Å²) in [6.07, 6.45) is 4.79. The Bertz CT molecular complexity index is 623. The Balaban J connectivity index is 0.00000243. The molecule has 2 aliphatic rings. The first-order valence-corrected chi connectivity index (χ1v) is 9.10. The molecule has 3 N–H and O–H groups in total. The van der Waals surface area contributed by atoms with Gasteiger partial charge in [-0.25, -0.2) is 0 Å². The maximum Gasteiger partial charge on any atom is 0.232 e. The molecule has 0 spiro atoms. The van der Waals surface area contributed by atoms with E-state index in [-0.39, 0.29) is 29.6 Å². The topological polar surface area (TPSA) is 79.5 Å². The number of anilines is 1. The molecule has 1 saturated heterocycles. The third-order valence-corrected chi connectivity index (χ3v) is 5.48. The molecule has 144 valence electrons. The van der Waals surface area contributed by atoms with Crippen molar-refractivity contribution in [3.05, 3.63) is 24.3 Å². The summed E-state index contributed by atoms with van der Waals surface area (Å²) in [7, 11) is 1.61. The maximum absolute atomic E-state index is 12.9. The van der Waals surface area contributed by atoms with Gasteiger partial charge in [0.25, 0.3) is 0 Å². The van der Waals surface area contributed by atoms with Gasteiger partial charge in [0.05, 0.1) is 18.4 Å². The van der Waals surface area contributed by atoms with Crippen molar-refractivity contribution in [1.29, 1.82) is 0 Å². The van der Waals surface area contributed by atoms with Crippen LogP contribution in [0.5, 0.6) is 5.75 Å². The Morgan fingerprint density at radius 3 is 2.77 bits per heavy atom. The summed E-state index contributed by atoms with van der Waals surface area (Å²) >= 11 is 0. The van der Waals surface area contributed by atoms with Crippen LogP contribution in [0.15, 0.2) is 24.3 Å². The van der Waals surface area contributed by atoms with Gasteiger partial charge in [-0.05, 0) is 49.6 Å². The fourth-order valence-corrected chi connectivity index (χ4v) is 3.97. The van der Waals surface area contributed by atoms with E-state index in [0.29, 0.717) is 24.7 Å². The van der Waals surface area contributed by atoms with E-state index in [1.54, 1.807) is 7.05 Å². The highest BCUT2D eigenvalue weighted by atomic mass is 35.5. The zero-order valence-electron chi connectivity index (χ0n) is 15.2. The number of amides is 2. The second kappa shape index (κ2) is 9.24. The Kier molecular flexibility index (Phi) is 7.29. The second-order valence-electron chi connectivity index (χ2n) is 6.98. The van der Waals surface area contributed by atoms with Crippen molar-refractivity contribution in [3.8, 4) is 5.75 Å². The van der Waals surface area contributed by atoms with Crippen molar-refractivity contribution in [3.63, 3.8) is 0 Å². The number of halogens is 1. The average molecular weight is 382 g/mol. The molecule has 2 fully saturated rings. The van der Waals surface area contributed by atoms with Gasteiger partial charge in [0, 0.05) is 19.3 Å². The molecule has 6 nitrogen and oxygen atoms in total. The van der Waals surface area contributed by atoms with Crippen LogP contribution in [-0.2, 0) is 9.59 Å². The van der Waals surface area contributed by atoms with Gasteiger partial charge in [-0.15, -0.1) is 12.4 Å². The minimum absolute atomic E-state index is 0. The number of benzene rings is 1. The van der Waals surface area contributed by atoms with E-state index in [2.05, 4.69) is 16.0 Å². The van der Waals surface area contributed by atoms with Crippen LogP contribution in [0.3, 0.4) is 0 Å². The van der Waals surface area contributed by atoms with Gasteiger partial charge >= 0.3 is 0 Å². The summed E-state index contributed by atoms with van der Waals surface area (Å²) in [5.74, 6) is 1.23. The van der Waals surface area contributed by atoms with Crippen LogP contribution in [0.1, 0.15) is 32.1 Å². The molecule has 3 rings (SSSR count). The summed E-state index contributed by atoms with van der Waals surface area (Å²) in [5, 5.41) is 9.05. The molecular weight excluding hydrogens is 354 g/mol. The van der Waals surface area contributed by atoms with Crippen LogP contribution >= 0.6 is 12.4 Å². The molecule has 1 aromatic carbocycles. The quantitative estimate of drug-likeness (QED) is 0.706. The van der Waals surface area contributed by atoms with Crippen molar-refractivity contribution in [1.82, 2.24) is 10.6 Å². The summed E-state index contributed by atoms with van der Waals surface area (Å²) in [4.78, 5) is 24.1. The van der Waals surface area contributed by atoms with Gasteiger partial charge < -0.3 is 20.7 Å². The Hall–Kier alpha value is -1.79. The summed E-state index contributed by atoms with van der Waals surface area (Å²) in [6.45, 7) is 2.07. The lowest BCUT2D eigenvalue weighted by molar-refractivity contribution is -0.128. The predicted octanol–water partition coefficient (Wildman–Crippen LogP) is 2.34. The number of ether oxygens (including phenoxy) is 1. The second-order valence-corrected chi connectivity index (χ2v) is 6.98. The molecule has 26 heavy (non-hydrogen) atoms. The van der Waals surface area contributed by atoms with Gasteiger partial charge in [-0.3, -0.25) is 9.59 Å². The highest BCUT2D eigenvalue weighted by Crippen LogP contribution is 2.44. The monoisotopic (exact) mass is 381 g/mol. The van der Waals surface area contributed by atoms with Crippen molar-refractivity contribution < 1.29 is 14.3 Å². The highest BCUT2D eigenvalue weighted by molar-refractivity contribution is 5.96. The Morgan fingerprint density at radius 1 is 1.27 bits per heavy atom. The lowest BCUT2D eigenvalue weighted by atomic mass is 9.67. The van der Waals surface area contributed by atoms with Gasteiger partial charge in [0.15, 0.2) is 0 Å². The minimum atomic E-state index is -0.249. The van der Waals surface area contributed by atoms with Gasteiger partial charge in [-0.1, -0.05) is 12.8 Å². The van der Waals surface area contributed by atoms with E-state index in [1.165, 1.54) is 6.42 Å². The molecule has 1 aliphatic heterocycles. The first-order valence-electron chi connectivity index (χ1n) is 9.10. The molecule has 2 atom stereocenters. The van der Waals surface area contributed by atoms with Crippen molar-refractivity contribution in [2.24, 2.45) is 11.3 Å². The van der Waals surface area contributed by atoms with E-state index < -0.39 is 0 Å². The third-order valence-electron chi connectivity index (χ3n) is 5.48. The zero-order valence-corrected chi connectivity index (χ0v) is 16.0. The molecule has 0 aromatic heterocycles. The number of hydrogen-bond donors (Lipinski definition) is 3. The molecule has 1 heterocycles. The van der Waals surface area contributed by atoms with E-state index in [4.69, 9.17) is 4.74 Å². The van der Waals surface area contributed by atoms with E-state index in [9.17, 15) is 9.59 Å². The molecule has 1 saturated carbocycles. The van der Waals surface area contributed by atoms with Gasteiger partial charge in [0.2, 0.25) is 11.8 Å². The van der Waals surface area contributed by atoms with E-state index >= 15 is 0 Å². The zero-order chi connectivity index (χ0) is 17.7. The molecule has 0 radical (unpaired) electrons. The number of hydrogen-bond acceptors (Lipinski definition) is 4. The highest BCUT2D eigenvalue weighted by Gasteiger charge is 2.49. The molecule has 1 aromatic rings. The van der Waals surface area contributed by atoms with Crippen LogP contribution in [0, 0.1) is 11.3 Å². The van der Waals surface area contributed by atoms with E-state index in [0.717, 1.165) is 38.0 Å². The Labute approximate surface area is 160 Å². The fourth-order valence-electron chi connectivity index (χ4n) is 3.97. The maximum atomic E-state index is 12.9. The van der Waals surface area contributed by atoms with Crippen LogP contribution in [0.2, 0.25) is 0 Å². The lowest BCUT2D eigenvalue weighted by Crippen LogP contribution is -2.44. The standard InChI is InChI=1S/C19H27N3O3.ClH/c1-20-17(23)9-11-25-16-7-5-15(6-8-16)22-18(24)19-10-3-2-4-14(19)12-21-13-19;/h5-8,14,21H,2-4,9-13H2,1H3,(H,20,23)(H,22,24);1H/t14-,19+;/m0./s1. The lowest BCUT2D eigenvalue weighted by Gasteiger charge is -2.37. The van der Waals surface area contributed by atoms with Crippen LogP contribution in [0.25, 0.3) is 0 Å². The molecular formula is C19H28ClN3O3. The number of carbonyl (C=O) groups is 2. The summed E-state index contributed by atoms with van der Waals surface area (Å²) in [6, 6.07) is 7.35. The molecule has 2 amide bonds. The third kappa shape index (κ3) is 4.48. The normalized spacial score (nSPS) is 24.1. The van der Waals surface area contributed by atoms with Crippen LogP contribution in [0.4, 0.5) is 5.69 Å². The molecule has 7 heteroatoms. The molecule has 0 unspecified atom stereocenters. The number of carbonyl (C=O) groups excluding carboxylic acids is 2. The van der Waals surface area contributed by atoms with Crippen molar-refractivity contribution in [2.45, 2.75) is 32.1 Å². The fraction of sp³-hybridized carbons (Fsp3) is 0.579. The molecule has 1 aliphatic carbocycles. The predicted molar refractivity (Wildman–Crippen MR) is 104 cm³/mol. The van der Waals surface area contributed by atoms with Crippen LogP contribution < -0.4 is 20.7 Å². The average Bonchev–Trinajstić information content (AvgIpc) is 3.08. The summed E-state index contributed by atoms with van der Waals surface area (Å²) in [5.41, 5.74) is 0.537. The Morgan fingerprint density at radius 2 is 2.04 bits per heavy atom. The molecule has 0 bridgehead atoms. The van der Waals surface area contributed by atoms with Gasteiger partial charge in [0.1, 0.15) is 5.75 Å². The van der Waals surface area contributed by atoms with Crippen molar-refractivity contribution >= 4 is 29.9 Å². The smallest absolute Gasteiger partial charge is 0.232 e. The number of nitrogens with one attached hydrogen (secondary N) is 3. The minimum Gasteiger partial charge on any atom is -0.493 e. The number of rotatable bonds is 6.